The number of likely N-dealkylation sites (tertiary alicyclic amines) is 1. The van der Waals surface area contributed by atoms with Crippen molar-refractivity contribution in [2.45, 2.75) is 53.0 Å². The van der Waals surface area contributed by atoms with E-state index in [-0.39, 0.29) is 0 Å². The molecule has 2 heteroatoms. The highest BCUT2D eigenvalue weighted by Gasteiger charge is 2.18. The molecule has 1 N–H and O–H groups in total. The molecule has 1 aliphatic rings. The lowest BCUT2D eigenvalue weighted by Gasteiger charge is -2.31. The van der Waals surface area contributed by atoms with Crippen LogP contribution in [0.15, 0.2) is 0 Å². The Labute approximate surface area is 114 Å². The quantitative estimate of drug-likeness (QED) is 0.755. The molecule has 0 radical (unpaired) electrons. The summed E-state index contributed by atoms with van der Waals surface area (Å²) < 4.78 is 0. The van der Waals surface area contributed by atoms with E-state index in [0.29, 0.717) is 6.04 Å². The third kappa shape index (κ3) is 7.03. The first-order chi connectivity index (χ1) is 8.58. The van der Waals surface area contributed by atoms with Crippen LogP contribution >= 0.6 is 0 Å². The van der Waals surface area contributed by atoms with Crippen LogP contribution in [0.5, 0.6) is 0 Å². The number of piperidine rings is 1. The second-order valence-corrected chi connectivity index (χ2v) is 6.24. The molecule has 0 aliphatic carbocycles. The zero-order valence-corrected chi connectivity index (χ0v) is 12.6. The zero-order chi connectivity index (χ0) is 13.4. The molecule has 1 saturated heterocycles. The topological polar surface area (TPSA) is 15.3 Å². The van der Waals surface area contributed by atoms with Gasteiger partial charge in [-0.25, -0.2) is 0 Å². The largest absolute Gasteiger partial charge is 0.304 e. The van der Waals surface area contributed by atoms with E-state index in [1.54, 1.807) is 0 Å². The van der Waals surface area contributed by atoms with Crippen molar-refractivity contribution in [3.05, 3.63) is 0 Å². The van der Waals surface area contributed by atoms with Gasteiger partial charge in [0, 0.05) is 6.04 Å². The van der Waals surface area contributed by atoms with Crippen LogP contribution in [0.4, 0.5) is 0 Å². The fraction of sp³-hybridized carbons (Fsp3) is 0.875. The molecule has 1 heterocycles. The molecule has 0 aromatic heterocycles. The monoisotopic (exact) mass is 250 g/mol. The summed E-state index contributed by atoms with van der Waals surface area (Å²) in [6.45, 7) is 13.2. The summed E-state index contributed by atoms with van der Waals surface area (Å²) in [6.07, 6.45) is 4.13. The molecular formula is C16H30N2. The van der Waals surface area contributed by atoms with E-state index in [2.05, 4.69) is 49.8 Å². The van der Waals surface area contributed by atoms with E-state index in [1.807, 2.05) is 0 Å². The lowest BCUT2D eigenvalue weighted by Crippen LogP contribution is -2.34. The first kappa shape index (κ1) is 15.5. The summed E-state index contributed by atoms with van der Waals surface area (Å²) >= 11 is 0. The third-order valence-corrected chi connectivity index (χ3v) is 3.54. The van der Waals surface area contributed by atoms with Gasteiger partial charge < -0.3 is 5.32 Å². The van der Waals surface area contributed by atoms with Crippen molar-refractivity contribution in [1.29, 1.82) is 0 Å². The lowest BCUT2D eigenvalue weighted by molar-refractivity contribution is 0.187. The second-order valence-electron chi connectivity index (χ2n) is 6.24. The highest BCUT2D eigenvalue weighted by molar-refractivity contribution is 5.03. The average molecular weight is 250 g/mol. The molecular weight excluding hydrogens is 220 g/mol. The van der Waals surface area contributed by atoms with Gasteiger partial charge in [-0.1, -0.05) is 25.7 Å². The number of nitrogens with one attached hydrogen (secondary N) is 1. The van der Waals surface area contributed by atoms with Crippen LogP contribution in [0.1, 0.15) is 47.0 Å². The minimum atomic E-state index is 0.533. The summed E-state index contributed by atoms with van der Waals surface area (Å²) in [6, 6.07) is 0.533. The second kappa shape index (κ2) is 8.56. The van der Waals surface area contributed by atoms with Crippen LogP contribution in [0.25, 0.3) is 0 Å². The molecule has 1 aliphatic heterocycles. The highest BCUT2D eigenvalue weighted by Crippen LogP contribution is 2.23. The molecule has 2 nitrogen and oxygen atoms in total. The van der Waals surface area contributed by atoms with Gasteiger partial charge in [-0.2, -0.15) is 0 Å². The SMILES string of the molecule is CC(C)CC1CCN(CC#CCNC(C)C)CC1. The molecule has 1 fully saturated rings. The van der Waals surface area contributed by atoms with Gasteiger partial charge in [0.15, 0.2) is 0 Å². The summed E-state index contributed by atoms with van der Waals surface area (Å²) in [7, 11) is 0. The van der Waals surface area contributed by atoms with Gasteiger partial charge in [-0.15, -0.1) is 0 Å². The Balaban J connectivity index is 2.12. The number of hydrogen-bond donors (Lipinski definition) is 1. The van der Waals surface area contributed by atoms with Gasteiger partial charge in [0.1, 0.15) is 0 Å². The third-order valence-electron chi connectivity index (χ3n) is 3.54. The molecule has 0 aromatic carbocycles. The maximum Gasteiger partial charge on any atom is 0.0602 e. The normalized spacial score (nSPS) is 18.1. The van der Waals surface area contributed by atoms with Crippen LogP contribution in [0.3, 0.4) is 0 Å². The van der Waals surface area contributed by atoms with E-state index in [0.717, 1.165) is 24.9 Å². The maximum absolute atomic E-state index is 3.32. The molecule has 0 atom stereocenters. The Morgan fingerprint density at radius 2 is 1.78 bits per heavy atom. The van der Waals surface area contributed by atoms with Crippen molar-refractivity contribution in [2.24, 2.45) is 11.8 Å². The predicted octanol–water partition coefficient (Wildman–Crippen LogP) is 2.75. The summed E-state index contributed by atoms with van der Waals surface area (Å²) in [5.74, 6) is 8.29. The summed E-state index contributed by atoms with van der Waals surface area (Å²) in [4.78, 5) is 2.50. The van der Waals surface area contributed by atoms with Crippen molar-refractivity contribution in [3.8, 4) is 11.8 Å². The molecule has 0 saturated carbocycles. The molecule has 0 aromatic rings. The van der Waals surface area contributed by atoms with Crippen LogP contribution in [0.2, 0.25) is 0 Å². The van der Waals surface area contributed by atoms with Gasteiger partial charge in [0.25, 0.3) is 0 Å². The van der Waals surface area contributed by atoms with Crippen LogP contribution in [0, 0.1) is 23.7 Å². The van der Waals surface area contributed by atoms with Crippen LogP contribution in [-0.4, -0.2) is 37.1 Å². The van der Waals surface area contributed by atoms with Crippen molar-refractivity contribution >= 4 is 0 Å². The molecule has 0 unspecified atom stereocenters. The van der Waals surface area contributed by atoms with Crippen molar-refractivity contribution in [3.63, 3.8) is 0 Å². The number of nitrogens with zero attached hydrogens (tertiary/aromatic N) is 1. The Kier molecular flexibility index (Phi) is 7.39. The molecule has 0 spiro atoms. The standard InChI is InChI=1S/C16H30N2/c1-14(2)13-16-7-11-18(12-8-16)10-6-5-9-17-15(3)4/h14-17H,7-13H2,1-4H3. The van der Waals surface area contributed by atoms with Crippen LogP contribution in [-0.2, 0) is 0 Å². The van der Waals surface area contributed by atoms with Crippen molar-refractivity contribution < 1.29 is 0 Å². The van der Waals surface area contributed by atoms with E-state index in [4.69, 9.17) is 0 Å². The molecule has 1 rings (SSSR count). The van der Waals surface area contributed by atoms with E-state index in [9.17, 15) is 0 Å². The van der Waals surface area contributed by atoms with Crippen molar-refractivity contribution in [2.75, 3.05) is 26.2 Å². The van der Waals surface area contributed by atoms with E-state index in [1.165, 1.54) is 32.4 Å². The first-order valence-electron chi connectivity index (χ1n) is 7.49. The minimum Gasteiger partial charge on any atom is -0.304 e. The number of rotatable bonds is 5. The average Bonchev–Trinajstić information content (AvgIpc) is 2.30. The smallest absolute Gasteiger partial charge is 0.0602 e. The Morgan fingerprint density at radius 1 is 1.11 bits per heavy atom. The fourth-order valence-corrected chi connectivity index (χ4v) is 2.53. The van der Waals surface area contributed by atoms with Gasteiger partial charge in [0.2, 0.25) is 0 Å². The maximum atomic E-state index is 3.32. The number of hydrogen-bond acceptors (Lipinski definition) is 2. The van der Waals surface area contributed by atoms with E-state index >= 15 is 0 Å². The van der Waals surface area contributed by atoms with Gasteiger partial charge in [0.05, 0.1) is 13.1 Å². The first-order valence-corrected chi connectivity index (χ1v) is 7.49. The Bertz CT molecular complexity index is 265. The summed E-state index contributed by atoms with van der Waals surface area (Å²) in [5, 5.41) is 3.32. The molecule has 0 bridgehead atoms. The molecule has 104 valence electrons. The Morgan fingerprint density at radius 3 is 2.33 bits per heavy atom. The zero-order valence-electron chi connectivity index (χ0n) is 12.6. The van der Waals surface area contributed by atoms with Gasteiger partial charge >= 0.3 is 0 Å². The van der Waals surface area contributed by atoms with Gasteiger partial charge in [-0.05, 0) is 58.0 Å². The fourth-order valence-electron chi connectivity index (χ4n) is 2.53. The highest BCUT2D eigenvalue weighted by atomic mass is 15.1. The van der Waals surface area contributed by atoms with Crippen molar-refractivity contribution in [1.82, 2.24) is 10.2 Å². The van der Waals surface area contributed by atoms with Gasteiger partial charge in [-0.3, -0.25) is 4.90 Å². The molecule has 18 heavy (non-hydrogen) atoms. The van der Waals surface area contributed by atoms with Crippen LogP contribution < -0.4 is 5.32 Å². The minimum absolute atomic E-state index is 0.533. The Hall–Kier alpha value is -0.520. The lowest BCUT2D eigenvalue weighted by atomic mass is 9.89. The molecule has 0 amide bonds. The van der Waals surface area contributed by atoms with E-state index < -0.39 is 0 Å². The predicted molar refractivity (Wildman–Crippen MR) is 79.5 cm³/mol. The summed E-state index contributed by atoms with van der Waals surface area (Å²) in [5.41, 5.74) is 0.